The van der Waals surface area contributed by atoms with Crippen molar-refractivity contribution in [2.24, 2.45) is 9.98 Å². The number of carboxylic acids is 1. The van der Waals surface area contributed by atoms with E-state index in [1.807, 2.05) is 6.07 Å². The van der Waals surface area contributed by atoms with Gasteiger partial charge in [0.05, 0.1) is 0 Å². The molecule has 1 aliphatic heterocycles. The maximum Gasteiger partial charge on any atom is 0.300 e. The number of nitrogens with one attached hydrogen (secondary N) is 3. The second-order valence-electron chi connectivity index (χ2n) is 8.69. The topological polar surface area (TPSA) is 98.1 Å². The third-order valence-electron chi connectivity index (χ3n) is 4.89. The summed E-state index contributed by atoms with van der Waals surface area (Å²) in [6.07, 6.45) is 11.5. The fourth-order valence-corrected chi connectivity index (χ4v) is 3.33. The fraction of sp³-hybridized carbons (Fsp3) is 0.640. The summed E-state index contributed by atoms with van der Waals surface area (Å²) in [4.78, 5) is 18.4. The standard InChI is InChI=1S/C23H39N5.C2H4O2/c1-4-5-6-7-8-9-10-14-18-24-21-26-22(28-23(2,3)27-21)25-19-17-20-15-12-11-13-16-20;1-2(3)4/h11-13,15-16H,4-10,14,17-19H2,1-3H3,(H3,24,25,26,27,28);1H3,(H,3,4). The molecule has 0 radical (unpaired) electrons. The Labute approximate surface area is 194 Å². The minimum absolute atomic E-state index is 0.255. The van der Waals surface area contributed by atoms with Gasteiger partial charge in [0.25, 0.3) is 5.97 Å². The average molecular weight is 446 g/mol. The highest BCUT2D eigenvalue weighted by Crippen LogP contribution is 2.08. The van der Waals surface area contributed by atoms with Crippen LogP contribution in [0.3, 0.4) is 0 Å². The first kappa shape index (κ1) is 27.5. The quantitative estimate of drug-likeness (QED) is 0.350. The molecule has 1 aromatic carbocycles. The molecule has 0 amide bonds. The van der Waals surface area contributed by atoms with Crippen molar-refractivity contribution in [1.82, 2.24) is 16.0 Å². The second-order valence-corrected chi connectivity index (χ2v) is 8.69. The van der Waals surface area contributed by atoms with E-state index < -0.39 is 5.97 Å². The number of carbonyl (C=O) groups is 1. The highest BCUT2D eigenvalue weighted by Gasteiger charge is 2.26. The van der Waals surface area contributed by atoms with Gasteiger partial charge in [-0.2, -0.15) is 0 Å². The number of benzene rings is 1. The van der Waals surface area contributed by atoms with E-state index in [-0.39, 0.29) is 5.66 Å². The van der Waals surface area contributed by atoms with Crippen LogP contribution in [-0.2, 0) is 11.2 Å². The van der Waals surface area contributed by atoms with E-state index in [0.29, 0.717) is 0 Å². The summed E-state index contributed by atoms with van der Waals surface area (Å²) < 4.78 is 0. The molecule has 0 spiro atoms. The van der Waals surface area contributed by atoms with Gasteiger partial charge in [-0.25, -0.2) is 0 Å². The van der Waals surface area contributed by atoms with Crippen LogP contribution in [0, 0.1) is 0 Å². The van der Waals surface area contributed by atoms with Crippen molar-refractivity contribution in [3.63, 3.8) is 0 Å². The van der Waals surface area contributed by atoms with Gasteiger partial charge in [0, 0.05) is 20.0 Å². The van der Waals surface area contributed by atoms with Crippen molar-refractivity contribution in [2.45, 2.75) is 91.1 Å². The lowest BCUT2D eigenvalue weighted by Crippen LogP contribution is -2.68. The Balaban J connectivity index is 0.00000118. The Kier molecular flexibility index (Phi) is 13.8. The van der Waals surface area contributed by atoms with Crippen molar-refractivity contribution < 1.29 is 9.90 Å². The molecule has 1 fully saturated rings. The van der Waals surface area contributed by atoms with Crippen molar-refractivity contribution >= 4 is 17.9 Å². The summed E-state index contributed by atoms with van der Waals surface area (Å²) in [5.41, 5.74) is 1.05. The van der Waals surface area contributed by atoms with Crippen LogP contribution in [0.5, 0.6) is 0 Å². The maximum atomic E-state index is 9.00. The van der Waals surface area contributed by atoms with Crippen LogP contribution in [0.25, 0.3) is 0 Å². The van der Waals surface area contributed by atoms with Crippen molar-refractivity contribution in [2.75, 3.05) is 13.1 Å². The van der Waals surface area contributed by atoms with Crippen LogP contribution in [0.2, 0.25) is 0 Å². The zero-order chi connectivity index (χ0) is 23.7. The lowest BCUT2D eigenvalue weighted by atomic mass is 10.1. The molecule has 1 aromatic rings. The van der Waals surface area contributed by atoms with E-state index in [0.717, 1.165) is 44.8 Å². The number of nitrogens with zero attached hydrogens (tertiary/aromatic N) is 2. The molecule has 4 N–H and O–H groups in total. The molecule has 0 aromatic heterocycles. The number of unbranched alkanes of at least 4 members (excludes halogenated alkanes) is 7. The highest BCUT2D eigenvalue weighted by molar-refractivity contribution is 6.01. The zero-order valence-corrected chi connectivity index (χ0v) is 20.4. The van der Waals surface area contributed by atoms with Gasteiger partial charge in [-0.15, -0.1) is 0 Å². The van der Waals surface area contributed by atoms with Crippen LogP contribution in [-0.4, -0.2) is 41.7 Å². The molecule has 1 heterocycles. The first-order chi connectivity index (χ1) is 15.3. The number of rotatable bonds is 12. The van der Waals surface area contributed by atoms with Crippen LogP contribution in [0.1, 0.15) is 84.6 Å². The Morgan fingerprint density at radius 2 is 1.38 bits per heavy atom. The number of aliphatic carboxylic acids is 1. The normalized spacial score (nSPS) is 17.0. The van der Waals surface area contributed by atoms with E-state index in [4.69, 9.17) is 19.9 Å². The Hall–Kier alpha value is -2.57. The molecule has 0 atom stereocenters. The predicted molar refractivity (Wildman–Crippen MR) is 134 cm³/mol. The van der Waals surface area contributed by atoms with Crippen molar-refractivity contribution in [3.05, 3.63) is 35.9 Å². The molecule has 0 unspecified atom stereocenters. The Bertz CT molecular complexity index is 698. The van der Waals surface area contributed by atoms with Gasteiger partial charge in [-0.05, 0) is 32.3 Å². The molecular weight excluding hydrogens is 402 g/mol. The minimum Gasteiger partial charge on any atom is -0.481 e. The van der Waals surface area contributed by atoms with E-state index in [2.05, 4.69) is 61.0 Å². The summed E-state index contributed by atoms with van der Waals surface area (Å²) in [5.74, 6) is 0.791. The number of aliphatic imine (C=N–C) groups is 2. The van der Waals surface area contributed by atoms with Gasteiger partial charge < -0.3 is 15.7 Å². The van der Waals surface area contributed by atoms with E-state index in [1.54, 1.807) is 0 Å². The molecule has 180 valence electrons. The van der Waals surface area contributed by atoms with Crippen LogP contribution in [0.4, 0.5) is 0 Å². The number of guanidine groups is 2. The zero-order valence-electron chi connectivity index (χ0n) is 20.4. The first-order valence-electron chi connectivity index (χ1n) is 12.0. The SMILES string of the molecule is CC(=O)O.CCCCCCCCCCN=C1NC(=NCCc2ccccc2)NC(C)(C)N1. The molecule has 7 heteroatoms. The lowest BCUT2D eigenvalue weighted by Gasteiger charge is -2.36. The van der Waals surface area contributed by atoms with Crippen molar-refractivity contribution in [1.29, 1.82) is 0 Å². The van der Waals surface area contributed by atoms with Gasteiger partial charge in [-0.3, -0.25) is 20.1 Å². The van der Waals surface area contributed by atoms with Gasteiger partial charge in [0.1, 0.15) is 5.66 Å². The van der Waals surface area contributed by atoms with E-state index >= 15 is 0 Å². The first-order valence-corrected chi connectivity index (χ1v) is 12.0. The molecule has 32 heavy (non-hydrogen) atoms. The minimum atomic E-state index is -0.833. The molecule has 2 rings (SSSR count). The third-order valence-corrected chi connectivity index (χ3v) is 4.89. The summed E-state index contributed by atoms with van der Waals surface area (Å²) in [7, 11) is 0. The lowest BCUT2D eigenvalue weighted by molar-refractivity contribution is -0.134. The van der Waals surface area contributed by atoms with E-state index in [1.165, 1.54) is 50.5 Å². The Morgan fingerprint density at radius 1 is 0.875 bits per heavy atom. The smallest absolute Gasteiger partial charge is 0.300 e. The van der Waals surface area contributed by atoms with Crippen LogP contribution < -0.4 is 16.0 Å². The van der Waals surface area contributed by atoms with E-state index in [9.17, 15) is 0 Å². The number of hydrogen-bond acceptors (Lipinski definition) is 3. The summed E-state index contributed by atoms with van der Waals surface area (Å²) in [5, 5.41) is 17.5. The molecule has 0 aliphatic carbocycles. The molecule has 0 bridgehead atoms. The molecule has 1 aliphatic rings. The Morgan fingerprint density at radius 3 is 1.94 bits per heavy atom. The second kappa shape index (κ2) is 16.1. The average Bonchev–Trinajstić information content (AvgIpc) is 2.72. The molecular formula is C25H43N5O2. The van der Waals surface area contributed by atoms with Crippen LogP contribution in [0.15, 0.2) is 40.3 Å². The van der Waals surface area contributed by atoms with Gasteiger partial charge in [-0.1, -0.05) is 82.2 Å². The summed E-state index contributed by atoms with van der Waals surface area (Å²) >= 11 is 0. The van der Waals surface area contributed by atoms with Crippen LogP contribution >= 0.6 is 0 Å². The largest absolute Gasteiger partial charge is 0.481 e. The number of carboxylic acid groups (broad SMARTS) is 1. The predicted octanol–water partition coefficient (Wildman–Crippen LogP) is 4.69. The summed E-state index contributed by atoms with van der Waals surface area (Å²) in [6.45, 7) is 9.17. The molecule has 0 saturated carbocycles. The monoisotopic (exact) mass is 445 g/mol. The number of hydrogen-bond donors (Lipinski definition) is 4. The van der Waals surface area contributed by atoms with Gasteiger partial charge in [0.15, 0.2) is 11.9 Å². The molecule has 7 nitrogen and oxygen atoms in total. The van der Waals surface area contributed by atoms with Crippen molar-refractivity contribution in [3.8, 4) is 0 Å². The van der Waals surface area contributed by atoms with Gasteiger partial charge in [0.2, 0.25) is 0 Å². The third kappa shape index (κ3) is 14.4. The summed E-state index contributed by atoms with van der Waals surface area (Å²) in [6, 6.07) is 10.5. The highest BCUT2D eigenvalue weighted by atomic mass is 16.4. The molecule has 1 saturated heterocycles. The van der Waals surface area contributed by atoms with Gasteiger partial charge >= 0.3 is 0 Å². The maximum absolute atomic E-state index is 9.00. The fourth-order valence-electron chi connectivity index (χ4n) is 3.33.